The second-order valence-electron chi connectivity index (χ2n) is 10.2. The minimum atomic E-state index is -4.12. The van der Waals surface area contributed by atoms with Crippen LogP contribution in [0.25, 0.3) is 0 Å². The van der Waals surface area contributed by atoms with E-state index in [1.807, 2.05) is 58.9 Å². The van der Waals surface area contributed by atoms with E-state index in [0.717, 1.165) is 23.1 Å². The van der Waals surface area contributed by atoms with E-state index in [4.69, 9.17) is 4.74 Å². The highest BCUT2D eigenvalue weighted by Crippen LogP contribution is 2.29. The monoisotopic (exact) mass is 579 g/mol. The zero-order valence-electron chi connectivity index (χ0n) is 24.8. The van der Waals surface area contributed by atoms with Crippen molar-refractivity contribution in [1.82, 2.24) is 10.2 Å². The van der Waals surface area contributed by atoms with Gasteiger partial charge in [0.1, 0.15) is 18.3 Å². The Hall–Kier alpha value is -3.85. The second-order valence-corrected chi connectivity index (χ2v) is 12.1. The zero-order chi connectivity index (χ0) is 30.2. The summed E-state index contributed by atoms with van der Waals surface area (Å²) in [7, 11) is -2.54. The maximum Gasteiger partial charge on any atom is 0.264 e. The fourth-order valence-electron chi connectivity index (χ4n) is 4.55. The molecule has 1 N–H and O–H groups in total. The number of anilines is 1. The summed E-state index contributed by atoms with van der Waals surface area (Å²) in [4.78, 5) is 29.0. The van der Waals surface area contributed by atoms with E-state index in [1.165, 1.54) is 9.21 Å². The Bertz CT molecular complexity index is 1440. The van der Waals surface area contributed by atoms with Crippen LogP contribution in [0.2, 0.25) is 0 Å². The molecule has 0 fully saturated rings. The Morgan fingerprint density at radius 2 is 1.54 bits per heavy atom. The maximum absolute atomic E-state index is 14.2. The van der Waals surface area contributed by atoms with E-state index in [0.29, 0.717) is 30.0 Å². The van der Waals surface area contributed by atoms with Crippen LogP contribution in [0.5, 0.6) is 5.75 Å². The highest BCUT2D eigenvalue weighted by molar-refractivity contribution is 7.92. The molecule has 0 aliphatic carbocycles. The summed E-state index contributed by atoms with van der Waals surface area (Å²) >= 11 is 0. The molecule has 0 aliphatic rings. The van der Waals surface area contributed by atoms with Crippen LogP contribution in [0.1, 0.15) is 48.9 Å². The van der Waals surface area contributed by atoms with Crippen LogP contribution in [0.4, 0.5) is 5.69 Å². The van der Waals surface area contributed by atoms with Gasteiger partial charge < -0.3 is 15.0 Å². The Morgan fingerprint density at radius 1 is 0.902 bits per heavy atom. The molecule has 3 aromatic carbocycles. The number of carbonyl (C=O) groups excluding carboxylic acids is 2. The Morgan fingerprint density at radius 3 is 2.12 bits per heavy atom. The maximum atomic E-state index is 14.2. The van der Waals surface area contributed by atoms with Crippen molar-refractivity contribution in [2.45, 2.75) is 64.9 Å². The van der Waals surface area contributed by atoms with Crippen LogP contribution in [-0.2, 0) is 26.2 Å². The number of amides is 2. The number of hydrogen-bond acceptors (Lipinski definition) is 5. The highest BCUT2D eigenvalue weighted by atomic mass is 32.2. The molecule has 3 aromatic rings. The number of rotatable bonds is 13. The van der Waals surface area contributed by atoms with Gasteiger partial charge in [0, 0.05) is 13.1 Å². The first-order chi connectivity index (χ1) is 19.5. The van der Waals surface area contributed by atoms with Crippen LogP contribution in [-0.4, -0.2) is 51.4 Å². The highest BCUT2D eigenvalue weighted by Gasteiger charge is 2.34. The molecule has 0 aliphatic heterocycles. The number of aryl methyl sites for hydroxylation is 3. The lowest BCUT2D eigenvalue weighted by Crippen LogP contribution is -2.52. The zero-order valence-corrected chi connectivity index (χ0v) is 25.6. The average Bonchev–Trinajstić information content (AvgIpc) is 2.96. The third kappa shape index (κ3) is 7.88. The SMILES string of the molecule is CCCNC(=O)[C@@H](CC)N(Cc1ccc(OC)cc1)C(=O)CN(c1cc(C)ccc1C)S(=O)(=O)c1ccc(C)cc1. The molecule has 0 radical (unpaired) electrons. The van der Waals surface area contributed by atoms with Gasteiger partial charge in [0.2, 0.25) is 11.8 Å². The van der Waals surface area contributed by atoms with E-state index in [1.54, 1.807) is 49.6 Å². The van der Waals surface area contributed by atoms with E-state index < -0.39 is 28.5 Å². The third-order valence-electron chi connectivity index (χ3n) is 6.97. The summed E-state index contributed by atoms with van der Waals surface area (Å²) in [6.07, 6.45) is 1.12. The Labute approximate surface area is 244 Å². The number of nitrogens with zero attached hydrogens (tertiary/aromatic N) is 2. The van der Waals surface area contributed by atoms with Crippen molar-refractivity contribution in [3.63, 3.8) is 0 Å². The number of nitrogens with one attached hydrogen (secondary N) is 1. The van der Waals surface area contributed by atoms with Crippen LogP contribution in [0, 0.1) is 20.8 Å². The molecule has 0 heterocycles. The van der Waals surface area contributed by atoms with Crippen molar-refractivity contribution >= 4 is 27.5 Å². The lowest BCUT2D eigenvalue weighted by Gasteiger charge is -2.33. The fourth-order valence-corrected chi connectivity index (χ4v) is 6.02. The van der Waals surface area contributed by atoms with E-state index in [-0.39, 0.29) is 17.3 Å². The molecule has 0 unspecified atom stereocenters. The van der Waals surface area contributed by atoms with Gasteiger partial charge in [-0.25, -0.2) is 8.42 Å². The summed E-state index contributed by atoms with van der Waals surface area (Å²) in [5.74, 6) is -0.0727. The fraction of sp³-hybridized carbons (Fsp3) is 0.375. The van der Waals surface area contributed by atoms with Crippen molar-refractivity contribution in [2.75, 3.05) is 24.5 Å². The summed E-state index contributed by atoms with van der Waals surface area (Å²) in [5, 5.41) is 2.90. The smallest absolute Gasteiger partial charge is 0.264 e. The standard InChI is InChI=1S/C32H41N3O5S/c1-7-19-33-32(37)29(8-2)34(21-26-13-15-27(40-6)16-14-26)31(36)22-35(30-20-24(4)9-12-25(30)5)41(38,39)28-17-10-23(3)11-18-28/h9-18,20,29H,7-8,19,21-22H2,1-6H3,(H,33,37)/t29-/m1/s1. The number of benzene rings is 3. The molecule has 8 nitrogen and oxygen atoms in total. The van der Waals surface area contributed by atoms with Gasteiger partial charge in [0.25, 0.3) is 10.0 Å². The number of carbonyl (C=O) groups is 2. The Kier molecular flexibility index (Phi) is 10.9. The number of hydrogen-bond donors (Lipinski definition) is 1. The minimum absolute atomic E-state index is 0.0891. The average molecular weight is 580 g/mol. The van der Waals surface area contributed by atoms with Gasteiger partial charge in [-0.3, -0.25) is 13.9 Å². The summed E-state index contributed by atoms with van der Waals surface area (Å²) in [6, 6.07) is 18.6. The van der Waals surface area contributed by atoms with Crippen molar-refractivity contribution in [3.8, 4) is 5.75 Å². The predicted octanol–water partition coefficient (Wildman–Crippen LogP) is 5.15. The normalized spacial score (nSPS) is 12.0. The number of methoxy groups -OCH3 is 1. The molecule has 0 spiro atoms. The van der Waals surface area contributed by atoms with Gasteiger partial charge in [0.05, 0.1) is 17.7 Å². The van der Waals surface area contributed by atoms with Crippen molar-refractivity contribution in [2.24, 2.45) is 0 Å². The minimum Gasteiger partial charge on any atom is -0.497 e. The molecule has 3 rings (SSSR count). The molecular formula is C32H41N3O5S. The van der Waals surface area contributed by atoms with Crippen LogP contribution < -0.4 is 14.4 Å². The van der Waals surface area contributed by atoms with E-state index in [9.17, 15) is 18.0 Å². The third-order valence-corrected chi connectivity index (χ3v) is 8.74. The van der Waals surface area contributed by atoms with Gasteiger partial charge in [-0.05, 0) is 80.6 Å². The molecule has 0 bridgehead atoms. The van der Waals surface area contributed by atoms with Gasteiger partial charge in [-0.15, -0.1) is 0 Å². The quantitative estimate of drug-likeness (QED) is 0.302. The van der Waals surface area contributed by atoms with E-state index >= 15 is 0 Å². The summed E-state index contributed by atoms with van der Waals surface area (Å²) < 4.78 is 34.6. The first-order valence-corrected chi connectivity index (χ1v) is 15.3. The van der Waals surface area contributed by atoms with Gasteiger partial charge in [-0.1, -0.05) is 55.8 Å². The van der Waals surface area contributed by atoms with Crippen LogP contribution in [0.3, 0.4) is 0 Å². The Balaban J connectivity index is 2.08. The molecule has 41 heavy (non-hydrogen) atoms. The largest absolute Gasteiger partial charge is 0.497 e. The van der Waals surface area contributed by atoms with Crippen LogP contribution >= 0.6 is 0 Å². The van der Waals surface area contributed by atoms with E-state index in [2.05, 4.69) is 5.32 Å². The lowest BCUT2D eigenvalue weighted by molar-refractivity contribution is -0.140. The summed E-state index contributed by atoms with van der Waals surface area (Å²) in [5.41, 5.74) is 3.72. The van der Waals surface area contributed by atoms with Crippen molar-refractivity contribution in [3.05, 3.63) is 89.0 Å². The summed E-state index contributed by atoms with van der Waals surface area (Å²) in [6.45, 7) is 9.53. The molecule has 9 heteroatoms. The molecule has 220 valence electrons. The van der Waals surface area contributed by atoms with Gasteiger partial charge in [-0.2, -0.15) is 0 Å². The molecule has 0 saturated carbocycles. The lowest BCUT2D eigenvalue weighted by atomic mass is 10.1. The molecule has 0 aromatic heterocycles. The number of ether oxygens (including phenoxy) is 1. The second kappa shape index (κ2) is 14.2. The topological polar surface area (TPSA) is 96.0 Å². The van der Waals surface area contributed by atoms with Crippen molar-refractivity contribution in [1.29, 1.82) is 0 Å². The predicted molar refractivity (Wildman–Crippen MR) is 163 cm³/mol. The molecule has 0 saturated heterocycles. The first kappa shape index (κ1) is 31.7. The first-order valence-electron chi connectivity index (χ1n) is 13.9. The number of sulfonamides is 1. The van der Waals surface area contributed by atoms with Gasteiger partial charge >= 0.3 is 0 Å². The molecule has 1 atom stereocenters. The van der Waals surface area contributed by atoms with Crippen LogP contribution in [0.15, 0.2) is 71.6 Å². The molecule has 2 amide bonds. The van der Waals surface area contributed by atoms with Crippen molar-refractivity contribution < 1.29 is 22.7 Å². The van der Waals surface area contributed by atoms with Gasteiger partial charge in [0.15, 0.2) is 0 Å². The molecular weight excluding hydrogens is 538 g/mol.